The third-order valence-corrected chi connectivity index (χ3v) is 8.84. The van der Waals surface area contributed by atoms with Crippen molar-refractivity contribution in [2.45, 2.75) is 0 Å². The number of carbonyl (C=O) groups excluding carboxylic acids is 1. The van der Waals surface area contributed by atoms with Gasteiger partial charge < -0.3 is 0 Å². The Bertz CT molecular complexity index is 1320. The summed E-state index contributed by atoms with van der Waals surface area (Å²) < 4.78 is 17.8. The van der Waals surface area contributed by atoms with Crippen molar-refractivity contribution in [2.75, 3.05) is 28.2 Å². The number of nitrogens with zero attached hydrogens (tertiary/aromatic N) is 5. The molecule has 0 unspecified atom stereocenters. The van der Waals surface area contributed by atoms with Gasteiger partial charge in [0, 0.05) is 5.56 Å². The molecule has 1 aliphatic heterocycles. The largest absolute Gasteiger partial charge is 0.299 e. The molecular weight excluding hydrogens is 457 g/mol. The van der Waals surface area contributed by atoms with E-state index in [0.717, 1.165) is 11.1 Å². The molecule has 178 valence electrons. The Morgan fingerprint density at radius 2 is 1.34 bits per heavy atom. The van der Waals surface area contributed by atoms with Crippen LogP contribution in [0.2, 0.25) is 0 Å². The topological polar surface area (TPSA) is 68.6 Å². The molecule has 1 aliphatic rings. The molecule has 8 heteroatoms. The third kappa shape index (κ3) is 4.80. The molecule has 4 rings (SSSR count). The molecule has 1 heterocycles. The van der Waals surface area contributed by atoms with E-state index in [2.05, 4.69) is 5.10 Å². The monoisotopic (exact) mass is 485 g/mol. The van der Waals surface area contributed by atoms with E-state index in [-0.39, 0.29) is 5.70 Å². The van der Waals surface area contributed by atoms with Gasteiger partial charge in [-0.3, -0.25) is 9.36 Å². The summed E-state index contributed by atoms with van der Waals surface area (Å²) in [7, 11) is 3.62. The van der Waals surface area contributed by atoms with Gasteiger partial charge in [0.05, 0.1) is 11.5 Å². The Hall–Kier alpha value is -3.64. The number of aliphatic imine (C=N–C) groups is 1. The lowest BCUT2D eigenvalue weighted by Crippen LogP contribution is -2.28. The van der Waals surface area contributed by atoms with Gasteiger partial charge in [-0.15, -0.1) is 0 Å². The van der Waals surface area contributed by atoms with Gasteiger partial charge in [-0.05, 0) is 39.3 Å². The Balaban J connectivity index is 1.97. The number of amides is 1. The summed E-state index contributed by atoms with van der Waals surface area (Å²) in [5, 5.41) is 6.17. The van der Waals surface area contributed by atoms with Crippen LogP contribution in [0, 0.1) is 0 Å². The van der Waals surface area contributed by atoms with Gasteiger partial charge in [-0.25, -0.2) is 14.3 Å². The van der Waals surface area contributed by atoms with Crippen molar-refractivity contribution in [3.63, 3.8) is 0 Å². The standard InChI is InChI=1S/C27H28N5O2P/c1-30(2)35(34,31(3)4)25(22-16-10-6-11-17-22)24-27(33)32(28-20-21-14-8-5-9-15-21)26(29-24)23-18-12-7-13-19-23/h5-20H,1-4H3/b25-24+,28-20+. The first-order valence-electron chi connectivity index (χ1n) is 11.2. The van der Waals surface area contributed by atoms with Crippen LogP contribution in [0.15, 0.2) is 107 Å². The maximum atomic E-state index is 14.5. The van der Waals surface area contributed by atoms with E-state index in [1.54, 1.807) is 43.7 Å². The first-order valence-corrected chi connectivity index (χ1v) is 12.8. The highest BCUT2D eigenvalue weighted by molar-refractivity contribution is 7.69. The predicted octanol–water partition coefficient (Wildman–Crippen LogP) is 4.99. The molecule has 3 aromatic carbocycles. The zero-order chi connectivity index (χ0) is 25.0. The maximum Gasteiger partial charge on any atom is 0.299 e. The fraction of sp³-hybridized carbons (Fsp3) is 0.148. The molecule has 0 aromatic heterocycles. The molecule has 0 atom stereocenters. The van der Waals surface area contributed by atoms with E-state index in [0.29, 0.717) is 16.7 Å². The number of benzene rings is 3. The number of hydrogen-bond donors (Lipinski definition) is 0. The second-order valence-electron chi connectivity index (χ2n) is 8.38. The highest BCUT2D eigenvalue weighted by Gasteiger charge is 2.42. The first kappa shape index (κ1) is 24.5. The second-order valence-corrected chi connectivity index (χ2v) is 11.5. The smallest absolute Gasteiger partial charge is 0.283 e. The summed E-state index contributed by atoms with van der Waals surface area (Å²) in [6.07, 6.45) is 1.62. The average molecular weight is 486 g/mol. The van der Waals surface area contributed by atoms with Crippen LogP contribution in [0.3, 0.4) is 0 Å². The van der Waals surface area contributed by atoms with Crippen LogP contribution in [-0.2, 0) is 9.36 Å². The van der Waals surface area contributed by atoms with Crippen LogP contribution in [0.5, 0.6) is 0 Å². The highest BCUT2D eigenvalue weighted by atomic mass is 31.2. The minimum Gasteiger partial charge on any atom is -0.283 e. The minimum atomic E-state index is -3.36. The van der Waals surface area contributed by atoms with Crippen LogP contribution < -0.4 is 0 Å². The SMILES string of the molecule is CN(C)P(=O)(/C(=C1/N=C(c2ccccc2)N(/N=C/c2ccccc2)C1=O)c1ccccc1)N(C)C. The van der Waals surface area contributed by atoms with Gasteiger partial charge in [-0.1, -0.05) is 91.0 Å². The fourth-order valence-electron chi connectivity index (χ4n) is 3.89. The van der Waals surface area contributed by atoms with E-state index < -0.39 is 13.4 Å². The van der Waals surface area contributed by atoms with Crippen LogP contribution in [0.25, 0.3) is 5.31 Å². The molecule has 7 nitrogen and oxygen atoms in total. The van der Waals surface area contributed by atoms with Crippen molar-refractivity contribution in [2.24, 2.45) is 10.1 Å². The normalized spacial score (nSPS) is 15.9. The Labute approximate surface area is 206 Å². The van der Waals surface area contributed by atoms with Crippen LogP contribution in [-0.4, -0.2) is 60.5 Å². The van der Waals surface area contributed by atoms with Gasteiger partial charge in [-0.2, -0.15) is 10.1 Å². The molecule has 0 N–H and O–H groups in total. The number of rotatable bonds is 7. The van der Waals surface area contributed by atoms with Gasteiger partial charge in [0.1, 0.15) is 5.70 Å². The summed E-state index contributed by atoms with van der Waals surface area (Å²) in [4.78, 5) is 18.7. The maximum absolute atomic E-state index is 14.5. The quantitative estimate of drug-likeness (QED) is 0.269. The van der Waals surface area contributed by atoms with Gasteiger partial charge in [0.25, 0.3) is 5.91 Å². The van der Waals surface area contributed by atoms with Crippen molar-refractivity contribution >= 4 is 30.7 Å². The Kier molecular flexibility index (Phi) is 7.22. The fourth-order valence-corrected chi connectivity index (χ4v) is 6.32. The van der Waals surface area contributed by atoms with E-state index in [1.807, 2.05) is 91.0 Å². The second kappa shape index (κ2) is 10.3. The molecule has 0 spiro atoms. The van der Waals surface area contributed by atoms with Crippen LogP contribution >= 0.6 is 7.44 Å². The van der Waals surface area contributed by atoms with Crippen molar-refractivity contribution < 1.29 is 9.36 Å². The van der Waals surface area contributed by atoms with Crippen molar-refractivity contribution in [1.29, 1.82) is 0 Å². The summed E-state index contributed by atoms with van der Waals surface area (Å²) >= 11 is 0. The zero-order valence-electron chi connectivity index (χ0n) is 20.2. The van der Waals surface area contributed by atoms with E-state index in [9.17, 15) is 9.36 Å². The molecule has 0 bridgehead atoms. The van der Waals surface area contributed by atoms with Crippen molar-refractivity contribution in [3.8, 4) is 0 Å². The number of carbonyl (C=O) groups is 1. The lowest BCUT2D eigenvalue weighted by Gasteiger charge is -2.33. The molecule has 0 saturated carbocycles. The van der Waals surface area contributed by atoms with E-state index >= 15 is 0 Å². The predicted molar refractivity (Wildman–Crippen MR) is 142 cm³/mol. The average Bonchev–Trinajstić information content (AvgIpc) is 3.20. The lowest BCUT2D eigenvalue weighted by atomic mass is 10.2. The molecular formula is C27H28N5O2P. The van der Waals surface area contributed by atoms with Gasteiger partial charge >= 0.3 is 0 Å². The molecule has 0 fully saturated rings. The lowest BCUT2D eigenvalue weighted by molar-refractivity contribution is -0.122. The molecule has 3 aromatic rings. The van der Waals surface area contributed by atoms with E-state index in [4.69, 9.17) is 4.99 Å². The summed E-state index contributed by atoms with van der Waals surface area (Å²) in [5.41, 5.74) is 2.37. The molecule has 1 amide bonds. The van der Waals surface area contributed by atoms with Gasteiger partial charge in [0.2, 0.25) is 7.44 Å². The number of hydrogen-bond acceptors (Lipinski definition) is 4. The summed E-state index contributed by atoms with van der Waals surface area (Å²) in [6.45, 7) is 0. The van der Waals surface area contributed by atoms with E-state index in [1.165, 1.54) is 5.01 Å². The molecule has 0 aliphatic carbocycles. The first-order chi connectivity index (χ1) is 16.8. The number of hydrazone groups is 1. The molecule has 0 saturated heterocycles. The van der Waals surface area contributed by atoms with Crippen molar-refractivity contribution in [3.05, 3.63) is 113 Å². The zero-order valence-corrected chi connectivity index (χ0v) is 21.1. The Morgan fingerprint density at radius 1 is 0.829 bits per heavy atom. The highest BCUT2D eigenvalue weighted by Crippen LogP contribution is 2.63. The summed E-state index contributed by atoms with van der Waals surface area (Å²) in [6, 6.07) is 28.3. The van der Waals surface area contributed by atoms with Crippen molar-refractivity contribution in [1.82, 2.24) is 14.3 Å². The van der Waals surface area contributed by atoms with Crippen LogP contribution in [0.1, 0.15) is 16.7 Å². The number of amidine groups is 1. The summed E-state index contributed by atoms with van der Waals surface area (Å²) in [5.74, 6) is -0.0471. The Morgan fingerprint density at radius 3 is 1.89 bits per heavy atom. The third-order valence-electron chi connectivity index (χ3n) is 5.61. The van der Waals surface area contributed by atoms with Crippen LogP contribution in [0.4, 0.5) is 0 Å². The van der Waals surface area contributed by atoms with Gasteiger partial charge in [0.15, 0.2) is 5.84 Å². The molecule has 0 radical (unpaired) electrons. The molecule has 35 heavy (non-hydrogen) atoms. The minimum absolute atomic E-state index is 0.117.